The molecule has 1 heterocycles. The standard InChI is InChI=1S/C21H20BrN3O2/c1-15-12-17(16(2)25(15)19-6-4-3-5-7-19)13-23-24-21(26)14-27-20-10-8-18(22)9-11-20/h3-13H,14H2,1-2H3,(H,24,26)/b23-13-. The average Bonchev–Trinajstić information content (AvgIpc) is 2.95. The molecule has 0 saturated heterocycles. The molecule has 0 radical (unpaired) electrons. The Morgan fingerprint density at radius 1 is 1.15 bits per heavy atom. The minimum Gasteiger partial charge on any atom is -0.484 e. The molecule has 138 valence electrons. The third kappa shape index (κ3) is 4.86. The Hall–Kier alpha value is -2.86. The van der Waals surface area contributed by atoms with E-state index in [-0.39, 0.29) is 12.5 Å². The fourth-order valence-electron chi connectivity index (χ4n) is 2.78. The van der Waals surface area contributed by atoms with E-state index in [1.807, 2.05) is 50.2 Å². The number of nitrogens with zero attached hydrogens (tertiary/aromatic N) is 2. The number of aromatic nitrogens is 1. The smallest absolute Gasteiger partial charge is 0.277 e. The number of ether oxygens (including phenoxy) is 1. The molecule has 6 heteroatoms. The summed E-state index contributed by atoms with van der Waals surface area (Å²) in [7, 11) is 0. The number of amides is 1. The zero-order valence-electron chi connectivity index (χ0n) is 15.1. The van der Waals surface area contributed by atoms with Gasteiger partial charge in [-0.1, -0.05) is 34.1 Å². The van der Waals surface area contributed by atoms with Crippen molar-refractivity contribution in [2.45, 2.75) is 13.8 Å². The molecule has 3 rings (SSSR count). The lowest BCUT2D eigenvalue weighted by Crippen LogP contribution is -2.24. The van der Waals surface area contributed by atoms with Crippen molar-refractivity contribution in [3.8, 4) is 11.4 Å². The van der Waals surface area contributed by atoms with E-state index in [1.165, 1.54) is 0 Å². The number of hydrogen-bond acceptors (Lipinski definition) is 3. The molecule has 1 aromatic heterocycles. The maximum Gasteiger partial charge on any atom is 0.277 e. The monoisotopic (exact) mass is 425 g/mol. The number of carbonyl (C=O) groups is 1. The molecule has 2 aromatic carbocycles. The number of aryl methyl sites for hydroxylation is 1. The van der Waals surface area contributed by atoms with Crippen LogP contribution in [0.5, 0.6) is 5.75 Å². The molecule has 5 nitrogen and oxygen atoms in total. The summed E-state index contributed by atoms with van der Waals surface area (Å²) in [6.45, 7) is 3.98. The molecule has 3 aromatic rings. The van der Waals surface area contributed by atoms with Gasteiger partial charge in [0.25, 0.3) is 5.91 Å². The van der Waals surface area contributed by atoms with Gasteiger partial charge >= 0.3 is 0 Å². The minimum absolute atomic E-state index is 0.0952. The Labute approximate surface area is 166 Å². The van der Waals surface area contributed by atoms with Crippen LogP contribution in [0.3, 0.4) is 0 Å². The number of rotatable bonds is 6. The first-order chi connectivity index (χ1) is 13.0. The van der Waals surface area contributed by atoms with E-state index >= 15 is 0 Å². The summed E-state index contributed by atoms with van der Waals surface area (Å²) in [5.74, 6) is 0.315. The summed E-state index contributed by atoms with van der Waals surface area (Å²) >= 11 is 3.35. The molecule has 0 atom stereocenters. The second-order valence-corrected chi connectivity index (χ2v) is 6.95. The molecule has 0 unspecified atom stereocenters. The number of para-hydroxylation sites is 1. The van der Waals surface area contributed by atoms with Gasteiger partial charge in [-0.3, -0.25) is 4.79 Å². The molecule has 0 aliphatic heterocycles. The number of carbonyl (C=O) groups excluding carboxylic acids is 1. The summed E-state index contributed by atoms with van der Waals surface area (Å²) in [4.78, 5) is 11.9. The Kier molecular flexibility index (Phi) is 6.08. The first-order valence-electron chi connectivity index (χ1n) is 8.49. The van der Waals surface area contributed by atoms with Crippen molar-refractivity contribution in [1.29, 1.82) is 0 Å². The highest BCUT2D eigenvalue weighted by Gasteiger charge is 2.09. The molecule has 0 aliphatic carbocycles. The highest BCUT2D eigenvalue weighted by Crippen LogP contribution is 2.19. The lowest BCUT2D eigenvalue weighted by molar-refractivity contribution is -0.123. The first kappa shape index (κ1) is 18.9. The van der Waals surface area contributed by atoms with Crippen LogP contribution < -0.4 is 10.2 Å². The Morgan fingerprint density at radius 3 is 2.56 bits per heavy atom. The van der Waals surface area contributed by atoms with Crippen LogP contribution >= 0.6 is 15.9 Å². The molecule has 0 spiro atoms. The van der Waals surface area contributed by atoms with Crippen LogP contribution in [0.1, 0.15) is 17.0 Å². The van der Waals surface area contributed by atoms with Crippen molar-refractivity contribution < 1.29 is 9.53 Å². The quantitative estimate of drug-likeness (QED) is 0.470. The summed E-state index contributed by atoms with van der Waals surface area (Å²) in [6, 6.07) is 19.5. The molecule has 1 N–H and O–H groups in total. The number of nitrogens with one attached hydrogen (secondary N) is 1. The lowest BCUT2D eigenvalue weighted by atomic mass is 10.2. The summed E-state index contributed by atoms with van der Waals surface area (Å²) < 4.78 is 8.53. The SMILES string of the molecule is Cc1cc(/C=N\NC(=O)COc2ccc(Br)cc2)c(C)n1-c1ccccc1. The van der Waals surface area contributed by atoms with E-state index < -0.39 is 0 Å². The zero-order valence-corrected chi connectivity index (χ0v) is 16.7. The van der Waals surface area contributed by atoms with Crippen molar-refractivity contribution in [3.05, 3.63) is 82.1 Å². The van der Waals surface area contributed by atoms with E-state index in [0.29, 0.717) is 5.75 Å². The van der Waals surface area contributed by atoms with Crippen LogP contribution in [0.2, 0.25) is 0 Å². The summed E-state index contributed by atoms with van der Waals surface area (Å²) in [5.41, 5.74) is 6.70. The topological polar surface area (TPSA) is 55.6 Å². The van der Waals surface area contributed by atoms with Gasteiger partial charge in [0.1, 0.15) is 5.75 Å². The molecular weight excluding hydrogens is 406 g/mol. The average molecular weight is 426 g/mol. The van der Waals surface area contributed by atoms with Gasteiger partial charge in [-0.15, -0.1) is 0 Å². The Balaban J connectivity index is 1.60. The highest BCUT2D eigenvalue weighted by molar-refractivity contribution is 9.10. The third-order valence-corrected chi connectivity index (χ3v) is 4.59. The van der Waals surface area contributed by atoms with E-state index in [4.69, 9.17) is 4.74 Å². The van der Waals surface area contributed by atoms with E-state index in [1.54, 1.807) is 18.3 Å². The summed E-state index contributed by atoms with van der Waals surface area (Å²) in [5, 5.41) is 4.05. The molecule has 0 bridgehead atoms. The van der Waals surface area contributed by atoms with E-state index in [2.05, 4.69) is 43.2 Å². The van der Waals surface area contributed by atoms with Crippen LogP contribution in [0.4, 0.5) is 0 Å². The number of hydrazone groups is 1. The van der Waals surface area contributed by atoms with Crippen LogP contribution in [-0.4, -0.2) is 23.3 Å². The minimum atomic E-state index is -0.314. The Bertz CT molecular complexity index is 948. The second kappa shape index (κ2) is 8.68. The van der Waals surface area contributed by atoms with Gasteiger partial charge in [0.2, 0.25) is 0 Å². The van der Waals surface area contributed by atoms with Gasteiger partial charge in [-0.2, -0.15) is 5.10 Å². The number of halogens is 1. The first-order valence-corrected chi connectivity index (χ1v) is 9.28. The largest absolute Gasteiger partial charge is 0.484 e. The van der Waals surface area contributed by atoms with Crippen molar-refractivity contribution in [2.75, 3.05) is 6.61 Å². The van der Waals surface area contributed by atoms with Gasteiger partial charge in [0, 0.05) is 27.1 Å². The lowest BCUT2D eigenvalue weighted by Gasteiger charge is -2.09. The summed E-state index contributed by atoms with van der Waals surface area (Å²) in [6.07, 6.45) is 1.65. The van der Waals surface area contributed by atoms with Gasteiger partial charge < -0.3 is 9.30 Å². The van der Waals surface area contributed by atoms with E-state index in [9.17, 15) is 4.79 Å². The van der Waals surface area contributed by atoms with Gasteiger partial charge in [0.05, 0.1) is 6.21 Å². The fourth-order valence-corrected chi connectivity index (χ4v) is 3.04. The van der Waals surface area contributed by atoms with Crippen molar-refractivity contribution in [3.63, 3.8) is 0 Å². The number of benzene rings is 2. The van der Waals surface area contributed by atoms with Crippen LogP contribution in [-0.2, 0) is 4.79 Å². The normalized spacial score (nSPS) is 10.9. The maximum atomic E-state index is 11.9. The third-order valence-electron chi connectivity index (χ3n) is 4.06. The van der Waals surface area contributed by atoms with Gasteiger partial charge in [-0.25, -0.2) is 5.43 Å². The molecular formula is C21H20BrN3O2. The van der Waals surface area contributed by atoms with Crippen molar-refractivity contribution in [1.82, 2.24) is 9.99 Å². The molecule has 1 amide bonds. The van der Waals surface area contributed by atoms with Crippen molar-refractivity contribution in [2.24, 2.45) is 5.10 Å². The second-order valence-electron chi connectivity index (χ2n) is 6.03. The molecule has 0 saturated carbocycles. The van der Waals surface area contributed by atoms with E-state index in [0.717, 1.165) is 27.1 Å². The molecule has 27 heavy (non-hydrogen) atoms. The predicted octanol–water partition coefficient (Wildman–Crippen LogP) is 4.39. The predicted molar refractivity (Wildman–Crippen MR) is 111 cm³/mol. The molecule has 0 aliphatic rings. The van der Waals surface area contributed by atoms with Crippen LogP contribution in [0.25, 0.3) is 5.69 Å². The van der Waals surface area contributed by atoms with Crippen molar-refractivity contribution >= 4 is 28.1 Å². The van der Waals surface area contributed by atoms with Gasteiger partial charge in [-0.05, 0) is 56.3 Å². The van der Waals surface area contributed by atoms with Crippen LogP contribution in [0.15, 0.2) is 70.2 Å². The highest BCUT2D eigenvalue weighted by atomic mass is 79.9. The van der Waals surface area contributed by atoms with Gasteiger partial charge in [0.15, 0.2) is 6.61 Å². The van der Waals surface area contributed by atoms with Crippen LogP contribution in [0, 0.1) is 13.8 Å². The number of hydrogen-bond donors (Lipinski definition) is 1. The molecule has 0 fully saturated rings. The maximum absolute atomic E-state index is 11.9. The fraction of sp³-hybridized carbons (Fsp3) is 0.143. The Morgan fingerprint density at radius 2 is 1.85 bits per heavy atom. The zero-order chi connectivity index (χ0) is 19.2.